The van der Waals surface area contributed by atoms with Crippen molar-refractivity contribution in [1.29, 1.82) is 0 Å². The van der Waals surface area contributed by atoms with E-state index in [1.54, 1.807) is 11.8 Å². The van der Waals surface area contributed by atoms with Crippen molar-refractivity contribution in [3.63, 3.8) is 0 Å². The number of carbonyl (C=O) groups is 1. The Hall–Kier alpha value is -1.94. The van der Waals surface area contributed by atoms with Crippen molar-refractivity contribution in [3.05, 3.63) is 54.1 Å². The molecule has 21 heavy (non-hydrogen) atoms. The maximum Gasteiger partial charge on any atom is 0.231 e. The third kappa shape index (κ3) is 3.22. The van der Waals surface area contributed by atoms with Gasteiger partial charge in [-0.1, -0.05) is 24.3 Å². The Kier molecular flexibility index (Phi) is 4.15. The van der Waals surface area contributed by atoms with Crippen LogP contribution < -0.4 is 10.1 Å². The molecule has 3 nitrogen and oxygen atoms in total. The number of amides is 1. The first-order chi connectivity index (χ1) is 10.3. The lowest BCUT2D eigenvalue weighted by molar-refractivity contribution is -0.121. The maximum atomic E-state index is 12.4. The molecule has 0 spiro atoms. The average Bonchev–Trinajstić information content (AvgIpc) is 2.54. The van der Waals surface area contributed by atoms with Gasteiger partial charge in [0.1, 0.15) is 12.4 Å². The standard InChI is InChI=1S/C17H17NO2S/c1-21-15-7-4-6-14(10-15)18-17(19)13-9-12-5-2-3-8-16(12)20-11-13/h2-8,10,13H,9,11H2,1H3,(H,18,19). The van der Waals surface area contributed by atoms with Gasteiger partial charge in [-0.3, -0.25) is 4.79 Å². The fourth-order valence-electron chi connectivity index (χ4n) is 2.44. The van der Waals surface area contributed by atoms with E-state index in [4.69, 9.17) is 4.74 Å². The van der Waals surface area contributed by atoms with Gasteiger partial charge in [0, 0.05) is 10.6 Å². The largest absolute Gasteiger partial charge is 0.492 e. The van der Waals surface area contributed by atoms with Crippen LogP contribution in [0.4, 0.5) is 5.69 Å². The highest BCUT2D eigenvalue weighted by Crippen LogP contribution is 2.27. The first-order valence-corrected chi connectivity index (χ1v) is 8.14. The number of thioether (sulfide) groups is 1. The summed E-state index contributed by atoms with van der Waals surface area (Å²) in [5, 5.41) is 2.98. The van der Waals surface area contributed by atoms with Crippen molar-refractivity contribution >= 4 is 23.4 Å². The predicted octanol–water partition coefficient (Wildman–Crippen LogP) is 3.60. The van der Waals surface area contributed by atoms with E-state index in [1.807, 2.05) is 54.8 Å². The van der Waals surface area contributed by atoms with Crippen LogP contribution in [0.15, 0.2) is 53.4 Å². The Bertz CT molecular complexity index is 657. The molecule has 0 saturated heterocycles. The van der Waals surface area contributed by atoms with Crippen molar-refractivity contribution in [2.24, 2.45) is 5.92 Å². The monoisotopic (exact) mass is 299 g/mol. The molecule has 0 aromatic heterocycles. The van der Waals surface area contributed by atoms with Crippen molar-refractivity contribution < 1.29 is 9.53 Å². The highest BCUT2D eigenvalue weighted by Gasteiger charge is 2.25. The van der Waals surface area contributed by atoms with E-state index < -0.39 is 0 Å². The quantitative estimate of drug-likeness (QED) is 0.880. The molecule has 1 unspecified atom stereocenters. The van der Waals surface area contributed by atoms with Gasteiger partial charge in [-0.25, -0.2) is 0 Å². The molecule has 2 aromatic carbocycles. The summed E-state index contributed by atoms with van der Waals surface area (Å²) in [5.74, 6) is 0.770. The van der Waals surface area contributed by atoms with Gasteiger partial charge in [0.15, 0.2) is 0 Å². The van der Waals surface area contributed by atoms with E-state index in [0.29, 0.717) is 6.61 Å². The van der Waals surface area contributed by atoms with E-state index >= 15 is 0 Å². The van der Waals surface area contributed by atoms with Gasteiger partial charge < -0.3 is 10.1 Å². The molecule has 0 fully saturated rings. The number of benzene rings is 2. The average molecular weight is 299 g/mol. The van der Waals surface area contributed by atoms with Crippen LogP contribution in [-0.2, 0) is 11.2 Å². The van der Waals surface area contributed by atoms with Crippen LogP contribution >= 0.6 is 11.8 Å². The molecule has 0 bridgehead atoms. The number of anilines is 1. The number of carbonyl (C=O) groups excluding carboxylic acids is 1. The molecule has 108 valence electrons. The fraction of sp³-hybridized carbons (Fsp3) is 0.235. The Morgan fingerprint density at radius 2 is 2.10 bits per heavy atom. The Labute approximate surface area is 128 Å². The Balaban J connectivity index is 1.69. The SMILES string of the molecule is CSc1cccc(NC(=O)C2COc3ccccc3C2)c1. The zero-order valence-corrected chi connectivity index (χ0v) is 12.7. The van der Waals surface area contributed by atoms with E-state index in [-0.39, 0.29) is 11.8 Å². The number of ether oxygens (including phenoxy) is 1. The van der Waals surface area contributed by atoms with Crippen LogP contribution in [0.5, 0.6) is 5.75 Å². The Morgan fingerprint density at radius 1 is 1.24 bits per heavy atom. The summed E-state index contributed by atoms with van der Waals surface area (Å²) in [6, 6.07) is 15.8. The minimum atomic E-state index is -0.141. The van der Waals surface area contributed by atoms with Gasteiger partial charge in [0.05, 0.1) is 5.92 Å². The van der Waals surface area contributed by atoms with Gasteiger partial charge in [0.25, 0.3) is 0 Å². The van der Waals surface area contributed by atoms with Crippen LogP contribution in [0, 0.1) is 5.92 Å². The van der Waals surface area contributed by atoms with Crippen molar-refractivity contribution in [3.8, 4) is 5.75 Å². The number of nitrogens with one attached hydrogen (secondary N) is 1. The number of rotatable bonds is 3. The molecular formula is C17H17NO2S. The first-order valence-electron chi connectivity index (χ1n) is 6.92. The zero-order valence-electron chi connectivity index (χ0n) is 11.8. The highest BCUT2D eigenvalue weighted by molar-refractivity contribution is 7.98. The third-order valence-corrected chi connectivity index (χ3v) is 4.31. The topological polar surface area (TPSA) is 38.3 Å². The van der Waals surface area contributed by atoms with Crippen LogP contribution in [0.2, 0.25) is 0 Å². The molecule has 0 saturated carbocycles. The fourth-order valence-corrected chi connectivity index (χ4v) is 2.90. The summed E-state index contributed by atoms with van der Waals surface area (Å²) in [5.41, 5.74) is 1.94. The van der Waals surface area contributed by atoms with Crippen LogP contribution in [-0.4, -0.2) is 18.8 Å². The van der Waals surface area contributed by atoms with Crippen molar-refractivity contribution in [2.45, 2.75) is 11.3 Å². The molecule has 1 N–H and O–H groups in total. The summed E-state index contributed by atoms with van der Waals surface area (Å²) >= 11 is 1.66. The van der Waals surface area contributed by atoms with E-state index in [1.165, 1.54) is 0 Å². The van der Waals surface area contributed by atoms with Crippen molar-refractivity contribution in [2.75, 3.05) is 18.2 Å². The third-order valence-electron chi connectivity index (χ3n) is 3.59. The summed E-state index contributed by atoms with van der Waals surface area (Å²) in [6.07, 6.45) is 2.75. The lowest BCUT2D eigenvalue weighted by atomic mass is 9.96. The lowest BCUT2D eigenvalue weighted by Gasteiger charge is -2.24. The summed E-state index contributed by atoms with van der Waals surface area (Å²) in [7, 11) is 0. The van der Waals surface area contributed by atoms with E-state index in [0.717, 1.165) is 28.3 Å². The number of hydrogen-bond acceptors (Lipinski definition) is 3. The zero-order chi connectivity index (χ0) is 14.7. The van der Waals surface area contributed by atoms with Gasteiger partial charge >= 0.3 is 0 Å². The molecule has 1 heterocycles. The molecule has 1 atom stereocenters. The van der Waals surface area contributed by atoms with Gasteiger partial charge in [-0.2, -0.15) is 0 Å². The minimum Gasteiger partial charge on any atom is -0.492 e. The molecule has 1 aliphatic rings. The van der Waals surface area contributed by atoms with E-state index in [9.17, 15) is 4.79 Å². The Morgan fingerprint density at radius 3 is 2.95 bits per heavy atom. The molecule has 3 rings (SSSR count). The van der Waals surface area contributed by atoms with Crippen molar-refractivity contribution in [1.82, 2.24) is 0 Å². The van der Waals surface area contributed by atoms with E-state index in [2.05, 4.69) is 5.32 Å². The molecule has 1 amide bonds. The van der Waals surface area contributed by atoms with Crippen LogP contribution in [0.25, 0.3) is 0 Å². The minimum absolute atomic E-state index is 0.0164. The molecule has 0 aliphatic carbocycles. The molecule has 2 aromatic rings. The number of fused-ring (bicyclic) bond motifs is 1. The second-order valence-corrected chi connectivity index (χ2v) is 5.92. The number of para-hydroxylation sites is 1. The highest BCUT2D eigenvalue weighted by atomic mass is 32.2. The maximum absolute atomic E-state index is 12.4. The molecule has 4 heteroatoms. The second-order valence-electron chi connectivity index (χ2n) is 5.04. The lowest BCUT2D eigenvalue weighted by Crippen LogP contribution is -2.32. The van der Waals surface area contributed by atoms with Gasteiger partial charge in [-0.15, -0.1) is 11.8 Å². The summed E-state index contributed by atoms with van der Waals surface area (Å²) in [6.45, 7) is 0.436. The second kappa shape index (κ2) is 6.22. The summed E-state index contributed by atoms with van der Waals surface area (Å²) in [4.78, 5) is 13.5. The van der Waals surface area contributed by atoms with Gasteiger partial charge in [0.2, 0.25) is 5.91 Å². The summed E-state index contributed by atoms with van der Waals surface area (Å²) < 4.78 is 5.67. The molecular weight excluding hydrogens is 282 g/mol. The number of hydrogen-bond donors (Lipinski definition) is 1. The predicted molar refractivity (Wildman–Crippen MR) is 86.0 cm³/mol. The molecule has 1 aliphatic heterocycles. The molecule has 0 radical (unpaired) electrons. The normalized spacial score (nSPS) is 16.7. The smallest absolute Gasteiger partial charge is 0.231 e. The van der Waals surface area contributed by atoms with Gasteiger partial charge in [-0.05, 0) is 42.5 Å². The van der Waals surface area contributed by atoms with Crippen LogP contribution in [0.3, 0.4) is 0 Å². The first kappa shape index (κ1) is 14.0. The van der Waals surface area contributed by atoms with Crippen LogP contribution in [0.1, 0.15) is 5.56 Å².